The molecule has 2 rings (SSSR count). The third kappa shape index (κ3) is 3.00. The Bertz CT molecular complexity index is 664. The number of aromatic hydroxyl groups is 1. The van der Waals surface area contributed by atoms with Crippen LogP contribution >= 0.6 is 0 Å². The second-order valence-electron chi connectivity index (χ2n) is 5.71. The van der Waals surface area contributed by atoms with E-state index in [2.05, 4.69) is 5.32 Å². The van der Waals surface area contributed by atoms with Gasteiger partial charge < -0.3 is 9.84 Å². The summed E-state index contributed by atoms with van der Waals surface area (Å²) < 4.78 is 4.79. The maximum Gasteiger partial charge on any atom is 0.325 e. The predicted molar refractivity (Wildman–Crippen MR) is 83.3 cm³/mol. The van der Waals surface area contributed by atoms with E-state index >= 15 is 0 Å². The van der Waals surface area contributed by atoms with Gasteiger partial charge in [0.1, 0.15) is 11.3 Å². The molecule has 0 saturated heterocycles. The minimum atomic E-state index is -0.827. The number of hydrogen-bond acceptors (Lipinski definition) is 4. The highest BCUT2D eigenvalue weighted by Gasteiger charge is 2.31. The van der Waals surface area contributed by atoms with Crippen molar-refractivity contribution in [1.82, 2.24) is 5.32 Å². The molecular formula is C17H21NO3. The van der Waals surface area contributed by atoms with Gasteiger partial charge in [0.15, 0.2) is 0 Å². The number of nitrogens with one attached hydrogen (secondary N) is 1. The van der Waals surface area contributed by atoms with Crippen molar-refractivity contribution in [2.45, 2.75) is 32.4 Å². The molecule has 21 heavy (non-hydrogen) atoms. The highest BCUT2D eigenvalue weighted by molar-refractivity contribution is 5.89. The first-order valence-electron chi connectivity index (χ1n) is 6.93. The van der Waals surface area contributed by atoms with Crippen molar-refractivity contribution in [2.75, 3.05) is 7.11 Å². The molecule has 1 atom stereocenters. The highest BCUT2D eigenvalue weighted by atomic mass is 16.5. The summed E-state index contributed by atoms with van der Waals surface area (Å²) in [5.74, 6) is -0.0941. The standard InChI is InChI=1S/C17H21NO3/c1-11(18-17(2,3)16(20)21-4)13-10-9-12-7-5-6-8-14(12)15(13)19/h5-11,18-19H,1-4H3. The Kier molecular flexibility index (Phi) is 4.19. The van der Waals surface area contributed by atoms with Gasteiger partial charge in [0.2, 0.25) is 0 Å². The number of fused-ring (bicyclic) bond motifs is 1. The van der Waals surface area contributed by atoms with Gasteiger partial charge in [-0.25, -0.2) is 0 Å². The Morgan fingerprint density at radius 1 is 1.24 bits per heavy atom. The zero-order valence-corrected chi connectivity index (χ0v) is 12.8. The number of carbonyl (C=O) groups excluding carboxylic acids is 1. The summed E-state index contributed by atoms with van der Waals surface area (Å²) >= 11 is 0. The quantitative estimate of drug-likeness (QED) is 0.848. The average Bonchev–Trinajstić information content (AvgIpc) is 2.46. The lowest BCUT2D eigenvalue weighted by atomic mass is 9.98. The minimum absolute atomic E-state index is 0.191. The molecule has 0 aliphatic carbocycles. The second-order valence-corrected chi connectivity index (χ2v) is 5.71. The zero-order chi connectivity index (χ0) is 15.6. The van der Waals surface area contributed by atoms with Gasteiger partial charge >= 0.3 is 5.97 Å². The van der Waals surface area contributed by atoms with Crippen molar-refractivity contribution in [3.63, 3.8) is 0 Å². The number of phenolic OH excluding ortho intramolecular Hbond substituents is 1. The first-order valence-corrected chi connectivity index (χ1v) is 6.93. The number of phenols is 1. The van der Waals surface area contributed by atoms with Gasteiger partial charge in [-0.3, -0.25) is 10.1 Å². The number of carbonyl (C=O) groups is 1. The zero-order valence-electron chi connectivity index (χ0n) is 12.8. The summed E-state index contributed by atoms with van der Waals surface area (Å²) in [6.45, 7) is 5.43. The molecule has 0 fully saturated rings. The van der Waals surface area contributed by atoms with E-state index in [1.807, 2.05) is 43.3 Å². The van der Waals surface area contributed by atoms with Crippen LogP contribution in [0.15, 0.2) is 36.4 Å². The van der Waals surface area contributed by atoms with Crippen LogP contribution in [0.4, 0.5) is 0 Å². The van der Waals surface area contributed by atoms with E-state index in [0.29, 0.717) is 0 Å². The molecule has 4 nitrogen and oxygen atoms in total. The van der Waals surface area contributed by atoms with Crippen LogP contribution in [0.3, 0.4) is 0 Å². The van der Waals surface area contributed by atoms with Crippen LogP contribution in [0.2, 0.25) is 0 Å². The van der Waals surface area contributed by atoms with Crippen molar-refractivity contribution < 1.29 is 14.6 Å². The molecule has 2 N–H and O–H groups in total. The van der Waals surface area contributed by atoms with Crippen LogP contribution in [-0.4, -0.2) is 23.7 Å². The van der Waals surface area contributed by atoms with E-state index in [1.165, 1.54) is 7.11 Å². The molecule has 0 aliphatic rings. The van der Waals surface area contributed by atoms with Crippen molar-refractivity contribution >= 4 is 16.7 Å². The van der Waals surface area contributed by atoms with Gasteiger partial charge in [-0.05, 0) is 26.2 Å². The van der Waals surface area contributed by atoms with E-state index in [4.69, 9.17) is 4.74 Å². The molecule has 0 aromatic heterocycles. The first-order chi connectivity index (χ1) is 9.86. The number of methoxy groups -OCH3 is 1. The fourth-order valence-electron chi connectivity index (χ4n) is 2.55. The fraction of sp³-hybridized carbons (Fsp3) is 0.353. The normalized spacial score (nSPS) is 13.1. The SMILES string of the molecule is COC(=O)C(C)(C)NC(C)c1ccc2ccccc2c1O. The van der Waals surface area contributed by atoms with E-state index in [-0.39, 0.29) is 17.8 Å². The Hall–Kier alpha value is -2.07. The van der Waals surface area contributed by atoms with E-state index in [1.54, 1.807) is 13.8 Å². The molecule has 4 heteroatoms. The van der Waals surface area contributed by atoms with Gasteiger partial charge in [0.05, 0.1) is 7.11 Å². The van der Waals surface area contributed by atoms with Crippen LogP contribution in [0.5, 0.6) is 5.75 Å². The first kappa shape index (κ1) is 15.3. The van der Waals surface area contributed by atoms with Gasteiger partial charge in [-0.15, -0.1) is 0 Å². The topological polar surface area (TPSA) is 58.6 Å². The van der Waals surface area contributed by atoms with Crippen LogP contribution in [0.25, 0.3) is 10.8 Å². The molecule has 0 amide bonds. The smallest absolute Gasteiger partial charge is 0.325 e. The number of benzene rings is 2. The molecule has 2 aromatic carbocycles. The molecule has 1 unspecified atom stereocenters. The number of hydrogen-bond donors (Lipinski definition) is 2. The Morgan fingerprint density at radius 2 is 1.90 bits per heavy atom. The molecule has 0 aliphatic heterocycles. The molecule has 2 aromatic rings. The van der Waals surface area contributed by atoms with Crippen molar-refractivity contribution in [3.05, 3.63) is 42.0 Å². The lowest BCUT2D eigenvalue weighted by molar-refractivity contribution is -0.147. The number of rotatable bonds is 4. The minimum Gasteiger partial charge on any atom is -0.507 e. The van der Waals surface area contributed by atoms with Gasteiger partial charge in [0.25, 0.3) is 0 Å². The van der Waals surface area contributed by atoms with Crippen molar-refractivity contribution in [1.29, 1.82) is 0 Å². The Balaban J connectivity index is 2.34. The number of esters is 1. The van der Waals surface area contributed by atoms with Crippen LogP contribution in [-0.2, 0) is 9.53 Å². The molecule has 0 saturated carbocycles. The van der Waals surface area contributed by atoms with E-state index in [9.17, 15) is 9.90 Å². The van der Waals surface area contributed by atoms with E-state index in [0.717, 1.165) is 16.3 Å². The summed E-state index contributed by atoms with van der Waals surface area (Å²) in [6.07, 6.45) is 0. The molecule has 112 valence electrons. The lowest BCUT2D eigenvalue weighted by Crippen LogP contribution is -2.48. The fourth-order valence-corrected chi connectivity index (χ4v) is 2.55. The molecule has 0 heterocycles. The average molecular weight is 287 g/mol. The third-order valence-corrected chi connectivity index (χ3v) is 3.67. The summed E-state index contributed by atoms with van der Waals surface area (Å²) in [5, 5.41) is 15.4. The maximum atomic E-state index is 11.8. The summed E-state index contributed by atoms with van der Waals surface area (Å²) in [6, 6.07) is 11.3. The highest BCUT2D eigenvalue weighted by Crippen LogP contribution is 2.33. The van der Waals surface area contributed by atoms with Gasteiger partial charge in [-0.2, -0.15) is 0 Å². The molecular weight excluding hydrogens is 266 g/mol. The van der Waals surface area contributed by atoms with Crippen molar-refractivity contribution in [2.24, 2.45) is 0 Å². The Labute approximate surface area is 124 Å². The molecule has 0 radical (unpaired) electrons. The van der Waals surface area contributed by atoms with Crippen LogP contribution in [0, 0.1) is 0 Å². The molecule has 0 bridgehead atoms. The second kappa shape index (κ2) is 5.74. The lowest BCUT2D eigenvalue weighted by Gasteiger charge is -2.28. The van der Waals surface area contributed by atoms with Crippen molar-refractivity contribution in [3.8, 4) is 5.75 Å². The maximum absolute atomic E-state index is 11.8. The Morgan fingerprint density at radius 3 is 2.57 bits per heavy atom. The van der Waals surface area contributed by atoms with Gasteiger partial charge in [-0.1, -0.05) is 36.4 Å². The number of ether oxygens (including phenoxy) is 1. The monoisotopic (exact) mass is 287 g/mol. The van der Waals surface area contributed by atoms with Crippen LogP contribution in [0.1, 0.15) is 32.4 Å². The van der Waals surface area contributed by atoms with E-state index < -0.39 is 5.54 Å². The van der Waals surface area contributed by atoms with Gasteiger partial charge in [0, 0.05) is 17.0 Å². The molecule has 0 spiro atoms. The summed E-state index contributed by atoms with van der Waals surface area (Å²) in [4.78, 5) is 11.8. The summed E-state index contributed by atoms with van der Waals surface area (Å²) in [7, 11) is 1.37. The third-order valence-electron chi connectivity index (χ3n) is 3.67. The largest absolute Gasteiger partial charge is 0.507 e. The van der Waals surface area contributed by atoms with Crippen LogP contribution < -0.4 is 5.32 Å². The predicted octanol–water partition coefficient (Wildman–Crippen LogP) is 3.15. The summed E-state index contributed by atoms with van der Waals surface area (Å²) in [5.41, 5.74) is -0.0719.